The number of carboxylic acid groups (broad SMARTS) is 1. The Labute approximate surface area is 125 Å². The first kappa shape index (κ1) is 17.3. The zero-order valence-electron chi connectivity index (χ0n) is 12.8. The minimum Gasteiger partial charge on any atom is -0.480 e. The highest BCUT2D eigenvalue weighted by Crippen LogP contribution is 2.29. The SMILES string of the molecule is CC1CC(C)CN(C(=O)CSC(C)(C)[C@H](N)C(=O)O)C1. The molecule has 1 heterocycles. The smallest absolute Gasteiger partial charge is 0.321 e. The van der Waals surface area contributed by atoms with E-state index in [0.717, 1.165) is 19.5 Å². The lowest BCUT2D eigenvalue weighted by Gasteiger charge is -2.36. The maximum Gasteiger partial charge on any atom is 0.321 e. The molecule has 3 atom stereocenters. The van der Waals surface area contributed by atoms with Crippen LogP contribution in [0.4, 0.5) is 0 Å². The first-order valence-electron chi connectivity index (χ1n) is 7.03. The van der Waals surface area contributed by atoms with Gasteiger partial charge in [-0.15, -0.1) is 11.8 Å². The largest absolute Gasteiger partial charge is 0.480 e. The van der Waals surface area contributed by atoms with Crippen molar-refractivity contribution in [2.75, 3.05) is 18.8 Å². The van der Waals surface area contributed by atoms with Gasteiger partial charge in [0.15, 0.2) is 0 Å². The Morgan fingerprint density at radius 1 is 1.35 bits per heavy atom. The molecule has 1 saturated heterocycles. The molecule has 0 aliphatic carbocycles. The zero-order valence-corrected chi connectivity index (χ0v) is 13.6. The number of likely N-dealkylation sites (tertiary alicyclic amines) is 1. The highest BCUT2D eigenvalue weighted by atomic mass is 32.2. The van der Waals surface area contributed by atoms with Crippen molar-refractivity contribution in [1.82, 2.24) is 4.90 Å². The number of rotatable bonds is 5. The lowest BCUT2D eigenvalue weighted by molar-refractivity contribution is -0.139. The molecule has 1 aliphatic rings. The molecule has 5 nitrogen and oxygen atoms in total. The van der Waals surface area contributed by atoms with Gasteiger partial charge in [-0.1, -0.05) is 13.8 Å². The molecular weight excluding hydrogens is 276 g/mol. The predicted molar refractivity (Wildman–Crippen MR) is 81.7 cm³/mol. The number of hydrogen-bond donors (Lipinski definition) is 2. The molecule has 3 N–H and O–H groups in total. The number of nitrogens with two attached hydrogens (primary N) is 1. The molecule has 0 spiro atoms. The Morgan fingerprint density at radius 2 is 1.85 bits per heavy atom. The van der Waals surface area contributed by atoms with Gasteiger partial charge in [0.25, 0.3) is 0 Å². The van der Waals surface area contributed by atoms with Crippen molar-refractivity contribution in [2.24, 2.45) is 17.6 Å². The fraction of sp³-hybridized carbons (Fsp3) is 0.857. The van der Waals surface area contributed by atoms with Crippen LogP contribution >= 0.6 is 11.8 Å². The lowest BCUT2D eigenvalue weighted by Crippen LogP contribution is -2.48. The van der Waals surface area contributed by atoms with E-state index in [0.29, 0.717) is 11.8 Å². The third kappa shape index (κ3) is 4.66. The molecule has 0 aromatic carbocycles. The van der Waals surface area contributed by atoms with Crippen molar-refractivity contribution in [2.45, 2.75) is 44.9 Å². The van der Waals surface area contributed by atoms with E-state index in [-0.39, 0.29) is 11.7 Å². The van der Waals surface area contributed by atoms with Crippen LogP contribution < -0.4 is 5.73 Å². The van der Waals surface area contributed by atoms with Crippen molar-refractivity contribution < 1.29 is 14.7 Å². The molecular formula is C14H26N2O3S. The molecule has 1 amide bonds. The average Bonchev–Trinajstić information content (AvgIpc) is 2.33. The van der Waals surface area contributed by atoms with Gasteiger partial charge >= 0.3 is 5.97 Å². The van der Waals surface area contributed by atoms with E-state index in [1.54, 1.807) is 13.8 Å². The molecule has 0 aromatic heterocycles. The number of amides is 1. The molecule has 0 bridgehead atoms. The van der Waals surface area contributed by atoms with Crippen LogP contribution in [-0.2, 0) is 9.59 Å². The number of carbonyl (C=O) groups is 2. The third-order valence-electron chi connectivity index (χ3n) is 3.80. The molecule has 2 unspecified atom stereocenters. The average molecular weight is 302 g/mol. The van der Waals surface area contributed by atoms with Crippen LogP contribution in [0, 0.1) is 11.8 Å². The van der Waals surface area contributed by atoms with Gasteiger partial charge in [-0.2, -0.15) is 0 Å². The van der Waals surface area contributed by atoms with E-state index >= 15 is 0 Å². The van der Waals surface area contributed by atoms with Crippen LogP contribution in [0.25, 0.3) is 0 Å². The highest BCUT2D eigenvalue weighted by molar-refractivity contribution is 8.01. The zero-order chi connectivity index (χ0) is 15.5. The van der Waals surface area contributed by atoms with Crippen molar-refractivity contribution in [3.8, 4) is 0 Å². The van der Waals surface area contributed by atoms with Gasteiger partial charge in [0.2, 0.25) is 5.91 Å². The second-order valence-electron chi connectivity index (χ2n) is 6.45. The van der Waals surface area contributed by atoms with E-state index in [1.807, 2.05) is 4.90 Å². The summed E-state index contributed by atoms with van der Waals surface area (Å²) in [5, 5.41) is 8.97. The molecule has 0 aromatic rings. The van der Waals surface area contributed by atoms with E-state index in [4.69, 9.17) is 10.8 Å². The number of piperidine rings is 1. The monoisotopic (exact) mass is 302 g/mol. The summed E-state index contributed by atoms with van der Waals surface area (Å²) in [5.74, 6) is 0.395. The highest BCUT2D eigenvalue weighted by Gasteiger charge is 2.34. The van der Waals surface area contributed by atoms with Crippen molar-refractivity contribution in [1.29, 1.82) is 0 Å². The summed E-state index contributed by atoms with van der Waals surface area (Å²) in [6.45, 7) is 9.46. The second kappa shape index (κ2) is 6.80. The molecule has 1 rings (SSSR count). The van der Waals surface area contributed by atoms with Crippen LogP contribution in [0.15, 0.2) is 0 Å². The Bertz CT molecular complexity index is 363. The van der Waals surface area contributed by atoms with Gasteiger partial charge in [-0.3, -0.25) is 9.59 Å². The Balaban J connectivity index is 2.52. The van der Waals surface area contributed by atoms with Gasteiger partial charge in [0.05, 0.1) is 5.75 Å². The number of thioether (sulfide) groups is 1. The second-order valence-corrected chi connectivity index (χ2v) is 8.08. The number of carboxylic acids is 1. The third-order valence-corrected chi connectivity index (χ3v) is 5.19. The lowest BCUT2D eigenvalue weighted by atomic mass is 9.92. The van der Waals surface area contributed by atoms with E-state index in [1.165, 1.54) is 11.8 Å². The molecule has 1 aliphatic heterocycles. The van der Waals surface area contributed by atoms with Crippen LogP contribution in [0.2, 0.25) is 0 Å². The molecule has 20 heavy (non-hydrogen) atoms. The minimum absolute atomic E-state index is 0.0825. The number of aliphatic carboxylic acids is 1. The van der Waals surface area contributed by atoms with E-state index < -0.39 is 16.8 Å². The van der Waals surface area contributed by atoms with Gasteiger partial charge in [-0.25, -0.2) is 0 Å². The summed E-state index contributed by atoms with van der Waals surface area (Å²) >= 11 is 1.32. The summed E-state index contributed by atoms with van der Waals surface area (Å²) in [5.41, 5.74) is 5.66. The Hall–Kier alpha value is -0.750. The van der Waals surface area contributed by atoms with Gasteiger partial charge in [0, 0.05) is 17.8 Å². The van der Waals surface area contributed by atoms with Crippen LogP contribution in [-0.4, -0.2) is 51.5 Å². The fourth-order valence-electron chi connectivity index (χ4n) is 2.59. The first-order valence-corrected chi connectivity index (χ1v) is 8.02. The fourth-order valence-corrected chi connectivity index (χ4v) is 3.55. The summed E-state index contributed by atoms with van der Waals surface area (Å²) in [6.07, 6.45) is 1.16. The summed E-state index contributed by atoms with van der Waals surface area (Å²) < 4.78 is -0.658. The number of hydrogen-bond acceptors (Lipinski definition) is 4. The maximum absolute atomic E-state index is 12.2. The van der Waals surface area contributed by atoms with Crippen LogP contribution in [0.1, 0.15) is 34.1 Å². The normalized spacial score (nSPS) is 25.4. The van der Waals surface area contributed by atoms with Crippen molar-refractivity contribution in [3.05, 3.63) is 0 Å². The van der Waals surface area contributed by atoms with Crippen LogP contribution in [0.3, 0.4) is 0 Å². The van der Waals surface area contributed by atoms with Gasteiger partial charge in [0.1, 0.15) is 6.04 Å². The summed E-state index contributed by atoms with van der Waals surface area (Å²) in [6, 6.07) is -0.973. The minimum atomic E-state index is -1.03. The Morgan fingerprint density at radius 3 is 2.30 bits per heavy atom. The van der Waals surface area contributed by atoms with Gasteiger partial charge < -0.3 is 15.7 Å². The Kier molecular flexibility index (Phi) is 5.89. The number of nitrogens with zero attached hydrogens (tertiary/aromatic N) is 1. The van der Waals surface area contributed by atoms with Crippen LogP contribution in [0.5, 0.6) is 0 Å². The predicted octanol–water partition coefficient (Wildman–Crippen LogP) is 1.41. The van der Waals surface area contributed by atoms with E-state index in [2.05, 4.69) is 13.8 Å². The quantitative estimate of drug-likeness (QED) is 0.802. The maximum atomic E-state index is 12.2. The molecule has 1 fully saturated rings. The summed E-state index contributed by atoms with van der Waals surface area (Å²) in [7, 11) is 0. The molecule has 6 heteroatoms. The molecule has 0 saturated carbocycles. The topological polar surface area (TPSA) is 83.6 Å². The number of carbonyl (C=O) groups excluding carboxylic acids is 1. The molecule has 116 valence electrons. The summed E-state index contributed by atoms with van der Waals surface area (Å²) in [4.78, 5) is 25.1. The standard InChI is InChI=1S/C14H26N2O3S/c1-9-5-10(2)7-16(6-9)11(17)8-20-14(3,4)12(15)13(18)19/h9-10,12H,5-8,15H2,1-4H3,(H,18,19)/t9?,10?,12-/m1/s1. The van der Waals surface area contributed by atoms with Crippen molar-refractivity contribution in [3.63, 3.8) is 0 Å². The van der Waals surface area contributed by atoms with Crippen molar-refractivity contribution >= 4 is 23.6 Å². The molecule has 0 radical (unpaired) electrons. The first-order chi connectivity index (χ1) is 9.13. The van der Waals surface area contributed by atoms with Gasteiger partial charge in [-0.05, 0) is 32.1 Å². The van der Waals surface area contributed by atoms with E-state index in [9.17, 15) is 9.59 Å².